The van der Waals surface area contributed by atoms with Gasteiger partial charge < -0.3 is 9.47 Å². The number of para-hydroxylation sites is 1. The van der Waals surface area contributed by atoms with Crippen molar-refractivity contribution in [1.82, 2.24) is 14.5 Å². The number of fused-ring (bicyclic) bond motifs is 1. The molecule has 4 heteroatoms. The number of hydrogen-bond acceptors (Lipinski definition) is 2. The fourth-order valence-electron chi connectivity index (χ4n) is 2.50. The Morgan fingerprint density at radius 1 is 1.39 bits per heavy atom. The van der Waals surface area contributed by atoms with Gasteiger partial charge >= 0.3 is 0 Å². The summed E-state index contributed by atoms with van der Waals surface area (Å²) in [7, 11) is 4.17. The molecule has 2 rings (SSSR count). The van der Waals surface area contributed by atoms with Crippen molar-refractivity contribution in [1.29, 1.82) is 0 Å². The predicted molar refractivity (Wildman–Crippen MR) is 77.3 cm³/mol. The fraction of sp³-hybridized carbons (Fsp3) is 0.500. The van der Waals surface area contributed by atoms with Gasteiger partial charge in [0.25, 0.3) is 0 Å². The molecule has 0 bridgehead atoms. The first-order valence-corrected chi connectivity index (χ1v) is 6.75. The molecule has 1 atom stereocenters. The number of halogens is 1. The molecule has 1 heterocycles. The molecule has 0 aliphatic carbocycles. The van der Waals surface area contributed by atoms with Crippen LogP contribution >= 0.6 is 11.6 Å². The van der Waals surface area contributed by atoms with E-state index in [0.717, 1.165) is 17.9 Å². The molecule has 18 heavy (non-hydrogen) atoms. The van der Waals surface area contributed by atoms with Gasteiger partial charge in [-0.25, -0.2) is 4.98 Å². The second-order valence-electron chi connectivity index (χ2n) is 5.09. The maximum atomic E-state index is 6.04. The van der Waals surface area contributed by atoms with Crippen molar-refractivity contribution < 1.29 is 0 Å². The molecule has 0 aliphatic heterocycles. The van der Waals surface area contributed by atoms with E-state index in [1.54, 1.807) is 0 Å². The quantitative estimate of drug-likeness (QED) is 0.792. The Labute approximate surface area is 113 Å². The highest BCUT2D eigenvalue weighted by atomic mass is 35.5. The minimum atomic E-state index is 0.362. The first kappa shape index (κ1) is 13.4. The van der Waals surface area contributed by atoms with E-state index in [1.165, 1.54) is 11.1 Å². The molecule has 0 saturated carbocycles. The minimum Gasteiger partial charge on any atom is -0.323 e. The summed E-state index contributed by atoms with van der Waals surface area (Å²) in [5.41, 5.74) is 3.45. The summed E-state index contributed by atoms with van der Waals surface area (Å²) >= 11 is 6.04. The Balaban J connectivity index is 2.57. The Kier molecular flexibility index (Phi) is 3.93. The van der Waals surface area contributed by atoms with Crippen LogP contribution in [0.4, 0.5) is 0 Å². The van der Waals surface area contributed by atoms with Crippen molar-refractivity contribution in [2.45, 2.75) is 25.8 Å². The summed E-state index contributed by atoms with van der Waals surface area (Å²) in [6, 6.07) is 6.66. The topological polar surface area (TPSA) is 21.1 Å². The molecule has 1 aromatic carbocycles. The number of likely N-dealkylation sites (N-methyl/N-ethyl adjacent to an activating group) is 1. The monoisotopic (exact) mass is 265 g/mol. The minimum absolute atomic E-state index is 0.362. The van der Waals surface area contributed by atoms with E-state index >= 15 is 0 Å². The van der Waals surface area contributed by atoms with Gasteiger partial charge in [0.1, 0.15) is 5.82 Å². The zero-order valence-corrected chi connectivity index (χ0v) is 12.2. The molecule has 0 N–H and O–H groups in total. The van der Waals surface area contributed by atoms with Crippen LogP contribution < -0.4 is 0 Å². The predicted octanol–water partition coefficient (Wildman–Crippen LogP) is 3.21. The normalized spacial score (nSPS) is 13.4. The summed E-state index contributed by atoms with van der Waals surface area (Å²) in [4.78, 5) is 6.86. The molecule has 0 spiro atoms. The van der Waals surface area contributed by atoms with Gasteiger partial charge in [-0.3, -0.25) is 0 Å². The number of aromatic nitrogens is 2. The Morgan fingerprint density at radius 2 is 2.11 bits per heavy atom. The van der Waals surface area contributed by atoms with E-state index in [4.69, 9.17) is 11.6 Å². The van der Waals surface area contributed by atoms with E-state index < -0.39 is 0 Å². The lowest BCUT2D eigenvalue weighted by Gasteiger charge is -2.20. The van der Waals surface area contributed by atoms with Crippen LogP contribution in [0, 0.1) is 6.92 Å². The molecule has 98 valence electrons. The standard InChI is InChI=1S/C14H20ClN3/c1-10-6-5-7-12-14(10)16-13(8-15)18(12)11(2)9-17(3)4/h5-7,11H,8-9H2,1-4H3. The molecule has 1 aromatic heterocycles. The van der Waals surface area contributed by atoms with Crippen LogP contribution in [0.1, 0.15) is 24.4 Å². The van der Waals surface area contributed by atoms with Crippen LogP contribution in [0.25, 0.3) is 11.0 Å². The van der Waals surface area contributed by atoms with Crippen LogP contribution in [-0.4, -0.2) is 35.1 Å². The molecule has 1 unspecified atom stereocenters. The number of alkyl halides is 1. The maximum absolute atomic E-state index is 6.04. The summed E-state index contributed by atoms with van der Waals surface area (Å²) in [6.45, 7) is 5.27. The van der Waals surface area contributed by atoms with Gasteiger partial charge in [-0.2, -0.15) is 0 Å². The van der Waals surface area contributed by atoms with Gasteiger partial charge in [-0.15, -0.1) is 11.6 Å². The highest BCUT2D eigenvalue weighted by Crippen LogP contribution is 2.24. The molecule has 0 aliphatic rings. The van der Waals surface area contributed by atoms with Crippen molar-refractivity contribution in [3.05, 3.63) is 29.6 Å². The van der Waals surface area contributed by atoms with Gasteiger partial charge in [0.2, 0.25) is 0 Å². The van der Waals surface area contributed by atoms with Crippen molar-refractivity contribution in [3.63, 3.8) is 0 Å². The van der Waals surface area contributed by atoms with Crippen molar-refractivity contribution in [2.24, 2.45) is 0 Å². The van der Waals surface area contributed by atoms with Crippen molar-refractivity contribution in [2.75, 3.05) is 20.6 Å². The smallest absolute Gasteiger partial charge is 0.125 e. The largest absolute Gasteiger partial charge is 0.323 e. The molecule has 0 radical (unpaired) electrons. The highest BCUT2D eigenvalue weighted by molar-refractivity contribution is 6.16. The lowest BCUT2D eigenvalue weighted by molar-refractivity contribution is 0.337. The average Bonchev–Trinajstić information content (AvgIpc) is 2.68. The number of hydrogen-bond donors (Lipinski definition) is 0. The zero-order valence-electron chi connectivity index (χ0n) is 11.4. The summed E-state index contributed by atoms with van der Waals surface area (Å²) in [5, 5.41) is 0. The van der Waals surface area contributed by atoms with E-state index in [9.17, 15) is 0 Å². The molecule has 0 fully saturated rings. The van der Waals surface area contributed by atoms with Crippen molar-refractivity contribution in [3.8, 4) is 0 Å². The van der Waals surface area contributed by atoms with Gasteiger partial charge in [0.05, 0.1) is 16.9 Å². The second kappa shape index (κ2) is 5.29. The fourth-order valence-corrected chi connectivity index (χ4v) is 2.69. The first-order valence-electron chi connectivity index (χ1n) is 6.21. The van der Waals surface area contributed by atoms with E-state index in [2.05, 4.69) is 60.6 Å². The summed E-state index contributed by atoms with van der Waals surface area (Å²) in [5.74, 6) is 1.40. The number of aryl methyl sites for hydroxylation is 1. The summed E-state index contributed by atoms with van der Waals surface area (Å²) < 4.78 is 2.26. The summed E-state index contributed by atoms with van der Waals surface area (Å²) in [6.07, 6.45) is 0. The average molecular weight is 266 g/mol. The number of imidazole rings is 1. The number of benzene rings is 1. The van der Waals surface area contributed by atoms with Crippen LogP contribution in [0.15, 0.2) is 18.2 Å². The van der Waals surface area contributed by atoms with Crippen molar-refractivity contribution >= 4 is 22.6 Å². The number of nitrogens with zero attached hydrogens (tertiary/aromatic N) is 3. The third-order valence-electron chi connectivity index (χ3n) is 3.18. The highest BCUT2D eigenvalue weighted by Gasteiger charge is 2.16. The Morgan fingerprint density at radius 3 is 2.72 bits per heavy atom. The van der Waals surface area contributed by atoms with Crippen LogP contribution in [0.5, 0.6) is 0 Å². The maximum Gasteiger partial charge on any atom is 0.125 e. The molecule has 2 aromatic rings. The second-order valence-corrected chi connectivity index (χ2v) is 5.35. The van der Waals surface area contributed by atoms with Gasteiger partial charge in [-0.1, -0.05) is 12.1 Å². The van der Waals surface area contributed by atoms with Crippen LogP contribution in [0.2, 0.25) is 0 Å². The van der Waals surface area contributed by atoms with E-state index in [0.29, 0.717) is 11.9 Å². The Bertz CT molecular complexity index is 545. The lowest BCUT2D eigenvalue weighted by atomic mass is 10.2. The van der Waals surface area contributed by atoms with Gasteiger partial charge in [0.15, 0.2) is 0 Å². The third-order valence-corrected chi connectivity index (χ3v) is 3.42. The Hall–Kier alpha value is -1.06. The van der Waals surface area contributed by atoms with Gasteiger partial charge in [-0.05, 0) is 39.6 Å². The third kappa shape index (κ3) is 2.38. The van der Waals surface area contributed by atoms with E-state index in [1.807, 2.05) is 0 Å². The van der Waals surface area contributed by atoms with Crippen LogP contribution in [-0.2, 0) is 5.88 Å². The van der Waals surface area contributed by atoms with E-state index in [-0.39, 0.29) is 0 Å². The molecular formula is C14H20ClN3. The molecular weight excluding hydrogens is 246 g/mol. The van der Waals surface area contributed by atoms with Gasteiger partial charge in [0, 0.05) is 12.6 Å². The molecule has 0 saturated heterocycles. The van der Waals surface area contributed by atoms with Crippen LogP contribution in [0.3, 0.4) is 0 Å². The molecule has 3 nitrogen and oxygen atoms in total. The number of rotatable bonds is 4. The lowest BCUT2D eigenvalue weighted by Crippen LogP contribution is -2.23. The zero-order chi connectivity index (χ0) is 13.3. The SMILES string of the molecule is Cc1cccc2c1nc(CCl)n2C(C)CN(C)C. The first-order chi connectivity index (χ1) is 8.54. The molecule has 0 amide bonds.